The molecule has 2 aromatic rings. The summed E-state index contributed by atoms with van der Waals surface area (Å²) in [6.07, 6.45) is 1.51. The van der Waals surface area contributed by atoms with Gasteiger partial charge in [0.15, 0.2) is 0 Å². The number of aromatic nitrogens is 1. The van der Waals surface area contributed by atoms with Crippen LogP contribution in [0.5, 0.6) is 0 Å². The molecule has 6 nitrogen and oxygen atoms in total. The van der Waals surface area contributed by atoms with Gasteiger partial charge in [0, 0.05) is 18.5 Å². The quantitative estimate of drug-likeness (QED) is 0.794. The number of carbonyl (C=O) groups excluding carboxylic acids is 1. The zero-order valence-electron chi connectivity index (χ0n) is 12.3. The number of aryl methyl sites for hydroxylation is 1. The minimum Gasteiger partial charge on any atom is -0.772 e. The Bertz CT molecular complexity index is 848. The molecule has 0 bridgehead atoms. The monoisotopic (exact) mass is 352 g/mol. The van der Waals surface area contributed by atoms with E-state index in [4.69, 9.17) is 22.7 Å². The van der Waals surface area contributed by atoms with Gasteiger partial charge in [-0.05, 0) is 24.1 Å². The van der Waals surface area contributed by atoms with Gasteiger partial charge >= 0.3 is 0 Å². The molecule has 23 heavy (non-hydrogen) atoms. The number of rotatable bonds is 5. The Labute approximate surface area is 140 Å². The van der Waals surface area contributed by atoms with Crippen LogP contribution in [0, 0.1) is 12.3 Å². The van der Waals surface area contributed by atoms with Crippen LogP contribution in [0.1, 0.15) is 27.0 Å². The molecule has 8 heteroatoms. The maximum Gasteiger partial charge on any atom is 0.252 e. The number of benzene rings is 1. The molecule has 0 aliphatic heterocycles. The van der Waals surface area contributed by atoms with E-state index in [2.05, 4.69) is 0 Å². The van der Waals surface area contributed by atoms with Crippen molar-refractivity contribution < 1.29 is 13.6 Å². The summed E-state index contributed by atoms with van der Waals surface area (Å²) in [7, 11) is 0. The van der Waals surface area contributed by atoms with E-state index >= 15 is 0 Å². The molecule has 122 valence electrons. The Balaban J connectivity index is 2.51. The number of carbonyl (C=O) groups is 1. The Kier molecular flexibility index (Phi) is 5.35. The molecule has 1 amide bonds. The number of halogens is 1. The summed E-state index contributed by atoms with van der Waals surface area (Å²) in [6.45, 7) is 2.11. The molecule has 3 N–H and O–H groups in total. The van der Waals surface area contributed by atoms with Gasteiger partial charge < -0.3 is 14.9 Å². The fourth-order valence-corrected chi connectivity index (χ4v) is 3.04. The van der Waals surface area contributed by atoms with Crippen LogP contribution < -0.4 is 11.2 Å². The molecule has 1 atom stereocenters. The standard InChI is InChI=1S/C15H16ClN3O3S/c1-9-2-3-10(8-23(21)22)11(4-9)6-19-7-12(16)5-13(14(19)17)15(18)20/h2-5,7,17H,6,8H2,1H3,(H2,18,20)(H,21,22)/p-1. The molecule has 0 spiro atoms. The lowest BCUT2D eigenvalue weighted by Gasteiger charge is -2.15. The normalized spacial score (nSPS) is 12.1. The molecule has 0 radical (unpaired) electrons. The van der Waals surface area contributed by atoms with Crippen LogP contribution in [0.2, 0.25) is 5.02 Å². The average molecular weight is 353 g/mol. The number of nitrogens with zero attached hydrogens (tertiary/aromatic N) is 1. The third kappa shape index (κ3) is 4.28. The zero-order valence-corrected chi connectivity index (χ0v) is 13.9. The topological polar surface area (TPSA) is 112 Å². The summed E-state index contributed by atoms with van der Waals surface area (Å²) in [5.74, 6) is -0.858. The molecule has 1 aromatic heterocycles. The van der Waals surface area contributed by atoms with Crippen molar-refractivity contribution in [3.05, 3.63) is 63.2 Å². The van der Waals surface area contributed by atoms with E-state index in [0.717, 1.165) is 11.1 Å². The van der Waals surface area contributed by atoms with Crippen molar-refractivity contribution in [1.29, 1.82) is 5.41 Å². The van der Waals surface area contributed by atoms with E-state index in [0.29, 0.717) is 5.56 Å². The van der Waals surface area contributed by atoms with Crippen molar-refractivity contribution in [3.63, 3.8) is 0 Å². The van der Waals surface area contributed by atoms with Crippen LogP contribution in [-0.4, -0.2) is 19.2 Å². The van der Waals surface area contributed by atoms with Gasteiger partial charge in [0.2, 0.25) is 0 Å². The molecule has 0 aliphatic carbocycles. The molecule has 1 aromatic carbocycles. The van der Waals surface area contributed by atoms with E-state index in [1.165, 1.54) is 16.8 Å². The average Bonchev–Trinajstić information content (AvgIpc) is 2.44. The Morgan fingerprint density at radius 1 is 1.39 bits per heavy atom. The van der Waals surface area contributed by atoms with Gasteiger partial charge in [0.25, 0.3) is 5.91 Å². The highest BCUT2D eigenvalue weighted by Crippen LogP contribution is 2.16. The maximum absolute atomic E-state index is 11.4. The summed E-state index contributed by atoms with van der Waals surface area (Å²) in [5.41, 5.74) is 7.53. The second-order valence-electron chi connectivity index (χ2n) is 5.13. The van der Waals surface area contributed by atoms with E-state index < -0.39 is 17.0 Å². The first-order chi connectivity index (χ1) is 10.8. The number of nitrogens with one attached hydrogen (secondary N) is 1. The third-order valence-electron chi connectivity index (χ3n) is 3.34. The molecule has 0 aliphatic rings. The lowest BCUT2D eigenvalue weighted by Crippen LogP contribution is -2.30. The lowest BCUT2D eigenvalue weighted by atomic mass is 10.1. The number of primary amides is 1. The second-order valence-corrected chi connectivity index (χ2v) is 6.47. The summed E-state index contributed by atoms with van der Waals surface area (Å²) >= 11 is 3.76. The Morgan fingerprint density at radius 3 is 2.70 bits per heavy atom. The van der Waals surface area contributed by atoms with Crippen molar-refractivity contribution in [2.45, 2.75) is 19.2 Å². The summed E-state index contributed by atoms with van der Waals surface area (Å²) in [4.78, 5) is 11.4. The van der Waals surface area contributed by atoms with Crippen molar-refractivity contribution >= 4 is 28.6 Å². The number of amides is 1. The van der Waals surface area contributed by atoms with Crippen molar-refractivity contribution in [3.8, 4) is 0 Å². The van der Waals surface area contributed by atoms with Crippen LogP contribution in [0.15, 0.2) is 30.5 Å². The number of pyridine rings is 1. The van der Waals surface area contributed by atoms with Gasteiger partial charge in [-0.3, -0.25) is 14.4 Å². The molecule has 2 rings (SSSR count). The predicted molar refractivity (Wildman–Crippen MR) is 86.7 cm³/mol. The summed E-state index contributed by atoms with van der Waals surface area (Å²) in [6, 6.07) is 6.75. The highest BCUT2D eigenvalue weighted by Gasteiger charge is 2.10. The van der Waals surface area contributed by atoms with E-state index in [9.17, 15) is 13.6 Å². The largest absolute Gasteiger partial charge is 0.772 e. The number of nitrogens with two attached hydrogens (primary N) is 1. The fraction of sp³-hybridized carbons (Fsp3) is 0.200. The van der Waals surface area contributed by atoms with E-state index in [1.807, 2.05) is 19.1 Å². The van der Waals surface area contributed by atoms with Crippen molar-refractivity contribution in [2.24, 2.45) is 5.73 Å². The van der Waals surface area contributed by atoms with Gasteiger partial charge in [0.1, 0.15) is 5.49 Å². The van der Waals surface area contributed by atoms with Crippen molar-refractivity contribution in [1.82, 2.24) is 4.57 Å². The number of hydrogen-bond acceptors (Lipinski definition) is 4. The minimum absolute atomic E-state index is 0.0131. The molecule has 0 saturated heterocycles. The predicted octanol–water partition coefficient (Wildman–Crippen LogP) is 1.46. The number of hydrogen-bond donors (Lipinski definition) is 2. The van der Waals surface area contributed by atoms with Gasteiger partial charge in [-0.15, -0.1) is 0 Å². The van der Waals surface area contributed by atoms with Crippen LogP contribution >= 0.6 is 11.6 Å². The smallest absolute Gasteiger partial charge is 0.252 e. The molecule has 1 unspecified atom stereocenters. The molecule has 0 saturated carbocycles. The Morgan fingerprint density at radius 2 is 2.09 bits per heavy atom. The molecular weight excluding hydrogens is 338 g/mol. The second kappa shape index (κ2) is 7.08. The fourth-order valence-electron chi connectivity index (χ4n) is 2.28. The van der Waals surface area contributed by atoms with E-state index in [-0.39, 0.29) is 28.4 Å². The van der Waals surface area contributed by atoms with E-state index in [1.54, 1.807) is 6.07 Å². The first-order valence-corrected chi connectivity index (χ1v) is 8.28. The third-order valence-corrected chi connectivity index (χ3v) is 4.10. The van der Waals surface area contributed by atoms with Crippen LogP contribution in [0.4, 0.5) is 0 Å². The van der Waals surface area contributed by atoms with Crippen molar-refractivity contribution in [2.75, 3.05) is 0 Å². The molecular formula is C15H15ClN3O3S-. The first-order valence-electron chi connectivity index (χ1n) is 6.66. The molecule has 1 heterocycles. The Hall–Kier alpha value is -1.96. The summed E-state index contributed by atoms with van der Waals surface area (Å²) in [5, 5.41) is 8.34. The molecule has 0 fully saturated rings. The zero-order chi connectivity index (χ0) is 17.1. The first kappa shape index (κ1) is 17.4. The van der Waals surface area contributed by atoms with Gasteiger partial charge in [0.05, 0.1) is 10.6 Å². The SMILES string of the molecule is Cc1ccc(CS(=O)[O-])c(Cn2cc(Cl)cc(C(N)=O)c2=N)c1. The van der Waals surface area contributed by atoms with Gasteiger partial charge in [-0.2, -0.15) is 0 Å². The lowest BCUT2D eigenvalue weighted by molar-refractivity contribution is 0.0997. The maximum atomic E-state index is 11.4. The van der Waals surface area contributed by atoms with Crippen LogP contribution in [0.25, 0.3) is 0 Å². The highest BCUT2D eigenvalue weighted by atomic mass is 35.5. The van der Waals surface area contributed by atoms with Gasteiger partial charge in [-0.25, -0.2) is 0 Å². The highest BCUT2D eigenvalue weighted by molar-refractivity contribution is 7.78. The van der Waals surface area contributed by atoms with Crippen LogP contribution in [0.3, 0.4) is 0 Å². The summed E-state index contributed by atoms with van der Waals surface area (Å²) < 4.78 is 23.5. The van der Waals surface area contributed by atoms with Gasteiger partial charge in [-0.1, -0.05) is 46.4 Å². The minimum atomic E-state index is -2.22. The van der Waals surface area contributed by atoms with Crippen LogP contribution in [-0.2, 0) is 23.4 Å².